The van der Waals surface area contributed by atoms with Crippen LogP contribution in [0, 0.1) is 6.92 Å². The number of nitrogens with one attached hydrogen (secondary N) is 2. The van der Waals surface area contributed by atoms with Crippen molar-refractivity contribution in [2.75, 3.05) is 6.54 Å². The van der Waals surface area contributed by atoms with Gasteiger partial charge in [-0.1, -0.05) is 6.92 Å². The Balaban J connectivity index is 1.87. The summed E-state index contributed by atoms with van der Waals surface area (Å²) in [5.41, 5.74) is 0. The van der Waals surface area contributed by atoms with Crippen LogP contribution in [-0.4, -0.2) is 47.4 Å². The predicted molar refractivity (Wildman–Crippen MR) is 80.5 cm³/mol. The van der Waals surface area contributed by atoms with Gasteiger partial charge in [0.2, 0.25) is 0 Å². The van der Waals surface area contributed by atoms with Crippen LogP contribution >= 0.6 is 0 Å². The number of nitrogens with zero attached hydrogens (tertiary/aromatic N) is 2. The first kappa shape index (κ1) is 15.0. The largest absolute Gasteiger partial charge is 0.332 e. The van der Waals surface area contributed by atoms with Crippen molar-refractivity contribution in [3.63, 3.8) is 0 Å². The molecule has 0 amide bonds. The van der Waals surface area contributed by atoms with Crippen LogP contribution in [-0.2, 0) is 10.0 Å². The van der Waals surface area contributed by atoms with E-state index in [0.29, 0.717) is 24.5 Å². The fraction of sp³-hybridized carbons (Fsp3) is 0.786. The number of sulfonamides is 1. The zero-order valence-corrected chi connectivity index (χ0v) is 13.5. The third-order valence-corrected chi connectivity index (χ3v) is 6.43. The highest BCUT2D eigenvalue weighted by molar-refractivity contribution is 7.89. The van der Waals surface area contributed by atoms with Gasteiger partial charge in [0.15, 0.2) is 5.03 Å². The summed E-state index contributed by atoms with van der Waals surface area (Å²) in [6.07, 6.45) is 6.44. The van der Waals surface area contributed by atoms with Gasteiger partial charge < -0.3 is 10.3 Å². The van der Waals surface area contributed by atoms with Crippen molar-refractivity contribution in [2.24, 2.45) is 0 Å². The van der Waals surface area contributed by atoms with Crippen molar-refractivity contribution in [3.8, 4) is 0 Å². The second-order valence-electron chi connectivity index (χ2n) is 6.21. The molecular formula is C14H24N4O2S. The van der Waals surface area contributed by atoms with Crippen molar-refractivity contribution in [2.45, 2.75) is 69.1 Å². The average Bonchev–Trinajstić information content (AvgIpc) is 3.02. The maximum absolute atomic E-state index is 12.9. The predicted octanol–water partition coefficient (Wildman–Crippen LogP) is 1.40. The van der Waals surface area contributed by atoms with Gasteiger partial charge in [-0.25, -0.2) is 13.4 Å². The molecule has 0 aliphatic carbocycles. The molecule has 7 heteroatoms. The van der Waals surface area contributed by atoms with Crippen LogP contribution in [0.5, 0.6) is 0 Å². The summed E-state index contributed by atoms with van der Waals surface area (Å²) in [4.78, 5) is 6.92. The van der Waals surface area contributed by atoms with E-state index < -0.39 is 10.0 Å². The van der Waals surface area contributed by atoms with E-state index in [0.717, 1.165) is 19.3 Å². The summed E-state index contributed by atoms with van der Waals surface area (Å²) < 4.78 is 27.5. The first-order valence-electron chi connectivity index (χ1n) is 7.80. The minimum Gasteiger partial charge on any atom is -0.332 e. The molecule has 0 spiro atoms. The first-order chi connectivity index (χ1) is 10.0. The van der Waals surface area contributed by atoms with Gasteiger partial charge >= 0.3 is 0 Å². The van der Waals surface area contributed by atoms with E-state index in [-0.39, 0.29) is 11.1 Å². The summed E-state index contributed by atoms with van der Waals surface area (Å²) in [5, 5.41) is 3.79. The topological polar surface area (TPSA) is 78.1 Å². The number of piperidine rings is 1. The van der Waals surface area contributed by atoms with Crippen LogP contribution in [0.2, 0.25) is 0 Å². The smallest absolute Gasteiger partial charge is 0.260 e. The number of aromatic nitrogens is 2. The molecule has 3 heterocycles. The Morgan fingerprint density at radius 2 is 2.00 bits per heavy atom. The zero-order valence-electron chi connectivity index (χ0n) is 12.7. The summed E-state index contributed by atoms with van der Waals surface area (Å²) in [6.45, 7) is 4.37. The Morgan fingerprint density at radius 1 is 1.33 bits per heavy atom. The van der Waals surface area contributed by atoms with Gasteiger partial charge in [0.1, 0.15) is 5.82 Å². The fourth-order valence-corrected chi connectivity index (χ4v) is 5.34. The van der Waals surface area contributed by atoms with E-state index in [4.69, 9.17) is 0 Å². The highest BCUT2D eigenvalue weighted by atomic mass is 32.2. The maximum atomic E-state index is 12.9. The Kier molecular flexibility index (Phi) is 4.07. The molecule has 21 heavy (non-hydrogen) atoms. The minimum atomic E-state index is -3.47. The van der Waals surface area contributed by atoms with Crippen LogP contribution in [0.25, 0.3) is 0 Å². The lowest BCUT2D eigenvalue weighted by Crippen LogP contribution is -2.50. The number of hydrogen-bond donors (Lipinski definition) is 2. The second-order valence-corrected chi connectivity index (χ2v) is 8.07. The molecule has 0 aromatic carbocycles. The Morgan fingerprint density at radius 3 is 2.52 bits per heavy atom. The van der Waals surface area contributed by atoms with Crippen LogP contribution < -0.4 is 5.32 Å². The molecule has 2 saturated heterocycles. The average molecular weight is 312 g/mol. The van der Waals surface area contributed by atoms with Gasteiger partial charge in [0.05, 0.1) is 6.20 Å². The molecule has 3 rings (SSSR count). The van der Waals surface area contributed by atoms with Crippen LogP contribution in [0.15, 0.2) is 11.2 Å². The van der Waals surface area contributed by atoms with E-state index >= 15 is 0 Å². The molecule has 2 aliphatic rings. The second kappa shape index (κ2) is 5.70. The van der Waals surface area contributed by atoms with Crippen molar-refractivity contribution in [3.05, 3.63) is 12.0 Å². The number of rotatable bonds is 5. The van der Waals surface area contributed by atoms with Crippen LogP contribution in [0.1, 0.15) is 44.9 Å². The van der Waals surface area contributed by atoms with E-state index in [1.807, 2.05) is 6.92 Å². The monoisotopic (exact) mass is 312 g/mol. The molecule has 118 valence electrons. The number of fused-ring (bicyclic) bond motifs is 2. The molecular weight excluding hydrogens is 288 g/mol. The van der Waals surface area contributed by atoms with Crippen molar-refractivity contribution in [1.29, 1.82) is 0 Å². The SMILES string of the molecule is CCCN(C1CC2CCC(C1)N2)S(=O)(=O)c1cnc(C)[nH]1. The Hall–Kier alpha value is -0.920. The lowest BCUT2D eigenvalue weighted by atomic mass is 10.00. The number of aryl methyl sites for hydroxylation is 1. The van der Waals surface area contributed by atoms with E-state index in [9.17, 15) is 8.42 Å². The standard InChI is InChI=1S/C14H24N4O2S/c1-3-6-18(13-7-11-4-5-12(8-13)17-11)21(19,20)14-9-15-10(2)16-14/h9,11-13,17H,3-8H2,1-2H3,(H,15,16). The number of H-pyrrole nitrogens is 1. The van der Waals surface area contributed by atoms with Gasteiger partial charge in [0.25, 0.3) is 10.0 Å². The Labute approximate surface area is 126 Å². The minimum absolute atomic E-state index is 0.109. The summed E-state index contributed by atoms with van der Waals surface area (Å²) in [6, 6.07) is 1.07. The van der Waals surface area contributed by atoms with E-state index in [2.05, 4.69) is 15.3 Å². The molecule has 2 unspecified atom stereocenters. The van der Waals surface area contributed by atoms with Crippen molar-refractivity contribution in [1.82, 2.24) is 19.6 Å². The summed E-state index contributed by atoms with van der Waals surface area (Å²) in [5.74, 6) is 0.635. The van der Waals surface area contributed by atoms with Crippen LogP contribution in [0.3, 0.4) is 0 Å². The first-order valence-corrected chi connectivity index (χ1v) is 9.24. The molecule has 1 aromatic heterocycles. The fourth-order valence-electron chi connectivity index (χ4n) is 3.64. The molecule has 2 aliphatic heterocycles. The summed E-state index contributed by atoms with van der Waals surface area (Å²) >= 11 is 0. The third kappa shape index (κ3) is 2.86. The third-order valence-electron chi connectivity index (χ3n) is 4.57. The zero-order chi connectivity index (χ0) is 15.0. The van der Waals surface area contributed by atoms with Gasteiger partial charge in [-0.2, -0.15) is 4.31 Å². The van der Waals surface area contributed by atoms with Crippen LogP contribution in [0.4, 0.5) is 0 Å². The number of aromatic amines is 1. The maximum Gasteiger partial charge on any atom is 0.260 e. The molecule has 0 saturated carbocycles. The number of imidazole rings is 1. The van der Waals surface area contributed by atoms with E-state index in [1.165, 1.54) is 19.0 Å². The van der Waals surface area contributed by atoms with Gasteiger partial charge in [0, 0.05) is 24.7 Å². The highest BCUT2D eigenvalue weighted by Gasteiger charge is 2.40. The molecule has 6 nitrogen and oxygen atoms in total. The molecule has 2 N–H and O–H groups in total. The highest BCUT2D eigenvalue weighted by Crippen LogP contribution is 2.32. The normalized spacial score (nSPS) is 29.2. The van der Waals surface area contributed by atoms with E-state index in [1.54, 1.807) is 11.2 Å². The van der Waals surface area contributed by atoms with Gasteiger partial charge in [-0.15, -0.1) is 0 Å². The van der Waals surface area contributed by atoms with Gasteiger partial charge in [-0.3, -0.25) is 0 Å². The van der Waals surface area contributed by atoms with Gasteiger partial charge in [-0.05, 0) is 39.0 Å². The van der Waals surface area contributed by atoms with Crippen molar-refractivity contribution >= 4 is 10.0 Å². The quantitative estimate of drug-likeness (QED) is 0.861. The van der Waals surface area contributed by atoms with Crippen molar-refractivity contribution < 1.29 is 8.42 Å². The molecule has 0 radical (unpaired) electrons. The molecule has 2 fully saturated rings. The lowest BCUT2D eigenvalue weighted by Gasteiger charge is -2.36. The molecule has 1 aromatic rings. The number of hydrogen-bond acceptors (Lipinski definition) is 4. The molecule has 2 atom stereocenters. The molecule has 2 bridgehead atoms. The Bertz CT molecular complexity index is 586. The summed E-state index contributed by atoms with van der Waals surface area (Å²) in [7, 11) is -3.47. The lowest BCUT2D eigenvalue weighted by molar-refractivity contribution is 0.225.